The van der Waals surface area contributed by atoms with Crippen LogP contribution in [0.3, 0.4) is 0 Å². The summed E-state index contributed by atoms with van der Waals surface area (Å²) in [5.41, 5.74) is 3.46. The summed E-state index contributed by atoms with van der Waals surface area (Å²) >= 11 is 0. The molecule has 4 aliphatic rings. The van der Waals surface area contributed by atoms with Crippen molar-refractivity contribution in [1.29, 1.82) is 0 Å². The Morgan fingerprint density at radius 2 is 1.80 bits per heavy atom. The summed E-state index contributed by atoms with van der Waals surface area (Å²) in [6.45, 7) is 4.48. The maximum Gasteiger partial charge on any atom is 0.141 e. The molecule has 1 aromatic carbocycles. The van der Waals surface area contributed by atoms with Gasteiger partial charge in [0.1, 0.15) is 5.60 Å². The second-order valence-corrected chi connectivity index (χ2v) is 9.00. The van der Waals surface area contributed by atoms with Gasteiger partial charge in [-0.15, -0.1) is 0 Å². The van der Waals surface area contributed by atoms with Gasteiger partial charge in [-0.2, -0.15) is 0 Å². The van der Waals surface area contributed by atoms with Gasteiger partial charge in [0, 0.05) is 49.3 Å². The van der Waals surface area contributed by atoms with Crippen LogP contribution in [-0.2, 0) is 11.2 Å². The zero-order valence-corrected chi connectivity index (χ0v) is 17.5. The quantitative estimate of drug-likeness (QED) is 0.800. The van der Waals surface area contributed by atoms with Crippen LogP contribution in [0.15, 0.2) is 42.5 Å². The number of aliphatic hydroxyl groups is 1. The predicted octanol–water partition coefficient (Wildman–Crippen LogP) is 3.37. The Morgan fingerprint density at radius 3 is 2.50 bits per heavy atom. The highest BCUT2D eigenvalue weighted by molar-refractivity contribution is 5.43. The molecule has 156 valence electrons. The lowest BCUT2D eigenvalue weighted by molar-refractivity contribution is -0.0713. The summed E-state index contributed by atoms with van der Waals surface area (Å²) < 4.78 is 5.53. The number of benzene rings is 1. The van der Waals surface area contributed by atoms with Crippen molar-refractivity contribution >= 4 is 0 Å². The van der Waals surface area contributed by atoms with Crippen LogP contribution in [0.4, 0.5) is 0 Å². The van der Waals surface area contributed by atoms with Crippen molar-refractivity contribution in [3.63, 3.8) is 0 Å². The van der Waals surface area contributed by atoms with E-state index in [1.54, 1.807) is 0 Å². The fourth-order valence-electron chi connectivity index (χ4n) is 5.13. The van der Waals surface area contributed by atoms with Gasteiger partial charge in [-0.3, -0.25) is 9.88 Å². The third-order valence-corrected chi connectivity index (χ3v) is 6.99. The van der Waals surface area contributed by atoms with Crippen LogP contribution in [0.25, 0.3) is 0 Å². The van der Waals surface area contributed by atoms with Gasteiger partial charge in [-0.1, -0.05) is 42.2 Å². The highest BCUT2D eigenvalue weighted by Gasteiger charge is 2.44. The van der Waals surface area contributed by atoms with Crippen LogP contribution in [0.2, 0.25) is 0 Å². The average molecular weight is 403 g/mol. The molecule has 4 aliphatic heterocycles. The monoisotopic (exact) mass is 402 g/mol. The zero-order chi connectivity index (χ0) is 20.4. The van der Waals surface area contributed by atoms with E-state index in [9.17, 15) is 5.11 Å². The van der Waals surface area contributed by atoms with Gasteiger partial charge in [0.05, 0.1) is 5.69 Å². The van der Waals surface area contributed by atoms with Crippen LogP contribution >= 0.6 is 0 Å². The minimum absolute atomic E-state index is 0.294. The first-order valence-corrected chi connectivity index (χ1v) is 11.3. The summed E-state index contributed by atoms with van der Waals surface area (Å²) in [4.78, 5) is 7.42. The summed E-state index contributed by atoms with van der Waals surface area (Å²) in [6, 6.07) is 14.7. The molecule has 1 N–H and O–H groups in total. The standard InChI is InChI=1S/C26H30N2O2/c29-26(19-28-14-9-23(26)10-15-28)13-8-21-6-7-24(22-11-16-30-17-12-22)27-25(21)18-20-4-2-1-3-5-20/h1-7,22-23,29H,9-12,14-19H2. The minimum Gasteiger partial charge on any atom is -0.381 e. The molecule has 0 saturated carbocycles. The molecule has 4 heteroatoms. The van der Waals surface area contributed by atoms with Crippen molar-refractivity contribution in [2.24, 2.45) is 5.92 Å². The number of fused-ring (bicyclic) bond motifs is 3. The molecule has 1 atom stereocenters. The Bertz CT molecular complexity index is 934. The van der Waals surface area contributed by atoms with E-state index >= 15 is 0 Å². The van der Waals surface area contributed by atoms with Crippen LogP contribution < -0.4 is 0 Å². The second kappa shape index (κ2) is 8.51. The number of nitrogens with zero attached hydrogens (tertiary/aromatic N) is 2. The molecule has 0 aliphatic carbocycles. The molecule has 4 nitrogen and oxygen atoms in total. The summed E-state index contributed by atoms with van der Waals surface area (Å²) in [7, 11) is 0. The van der Waals surface area contributed by atoms with Crippen molar-refractivity contribution in [2.75, 3.05) is 32.8 Å². The number of ether oxygens (including phenoxy) is 1. The van der Waals surface area contributed by atoms with E-state index in [2.05, 4.69) is 53.1 Å². The molecule has 0 spiro atoms. The SMILES string of the molecule is OC1(C#Cc2ccc(C3CCOCC3)nc2Cc2ccccc2)CN2CCC1CC2. The van der Waals surface area contributed by atoms with Gasteiger partial charge >= 0.3 is 0 Å². The van der Waals surface area contributed by atoms with E-state index < -0.39 is 5.60 Å². The van der Waals surface area contributed by atoms with E-state index in [0.717, 1.165) is 75.4 Å². The van der Waals surface area contributed by atoms with Crippen LogP contribution in [0.5, 0.6) is 0 Å². The number of aromatic nitrogens is 1. The molecule has 0 radical (unpaired) electrons. The molecule has 30 heavy (non-hydrogen) atoms. The highest BCUT2D eigenvalue weighted by atomic mass is 16.5. The maximum absolute atomic E-state index is 11.2. The van der Waals surface area contributed by atoms with Gasteiger partial charge in [-0.05, 0) is 56.5 Å². The largest absolute Gasteiger partial charge is 0.381 e. The molecule has 1 aromatic heterocycles. The van der Waals surface area contributed by atoms with Gasteiger partial charge < -0.3 is 9.84 Å². The Hall–Kier alpha value is -2.19. The van der Waals surface area contributed by atoms with E-state index in [1.165, 1.54) is 5.56 Å². The Labute approximate surface area is 179 Å². The molecule has 6 rings (SSSR count). The number of hydrogen-bond acceptors (Lipinski definition) is 4. The van der Waals surface area contributed by atoms with Crippen molar-refractivity contribution < 1.29 is 9.84 Å². The second-order valence-electron chi connectivity index (χ2n) is 9.00. The van der Waals surface area contributed by atoms with Crippen molar-refractivity contribution in [3.05, 3.63) is 65.0 Å². The molecule has 2 aromatic rings. The van der Waals surface area contributed by atoms with Gasteiger partial charge in [0.25, 0.3) is 0 Å². The molecule has 4 saturated heterocycles. The van der Waals surface area contributed by atoms with Crippen LogP contribution in [0.1, 0.15) is 54.1 Å². The van der Waals surface area contributed by atoms with Crippen LogP contribution in [0, 0.1) is 17.8 Å². The van der Waals surface area contributed by atoms with Crippen LogP contribution in [-0.4, -0.2) is 53.4 Å². The zero-order valence-electron chi connectivity index (χ0n) is 17.5. The first kappa shape index (κ1) is 19.8. The fourth-order valence-corrected chi connectivity index (χ4v) is 5.13. The summed E-state index contributed by atoms with van der Waals surface area (Å²) in [5.74, 6) is 7.37. The molecule has 0 amide bonds. The van der Waals surface area contributed by atoms with E-state index in [0.29, 0.717) is 18.4 Å². The number of rotatable bonds is 3. The average Bonchev–Trinajstić information content (AvgIpc) is 2.80. The highest BCUT2D eigenvalue weighted by Crippen LogP contribution is 2.35. The number of hydrogen-bond donors (Lipinski definition) is 1. The molecule has 5 heterocycles. The predicted molar refractivity (Wildman–Crippen MR) is 117 cm³/mol. The van der Waals surface area contributed by atoms with E-state index in [4.69, 9.17) is 9.72 Å². The Morgan fingerprint density at radius 1 is 1.03 bits per heavy atom. The molecule has 1 unspecified atom stereocenters. The molecular formula is C26H30N2O2. The molecule has 4 fully saturated rings. The molecular weight excluding hydrogens is 372 g/mol. The van der Waals surface area contributed by atoms with Crippen molar-refractivity contribution in [3.8, 4) is 11.8 Å². The topological polar surface area (TPSA) is 45.6 Å². The normalized spacial score (nSPS) is 28.7. The van der Waals surface area contributed by atoms with Crippen molar-refractivity contribution in [1.82, 2.24) is 9.88 Å². The Kier molecular flexibility index (Phi) is 5.60. The number of pyridine rings is 1. The smallest absolute Gasteiger partial charge is 0.141 e. The first-order valence-electron chi connectivity index (χ1n) is 11.3. The lowest BCUT2D eigenvalue weighted by atomic mass is 9.75. The Balaban J connectivity index is 1.46. The first-order chi connectivity index (χ1) is 14.7. The maximum atomic E-state index is 11.2. The fraction of sp³-hybridized carbons (Fsp3) is 0.500. The van der Waals surface area contributed by atoms with Gasteiger partial charge in [-0.25, -0.2) is 0 Å². The minimum atomic E-state index is -0.889. The van der Waals surface area contributed by atoms with Gasteiger partial charge in [0.2, 0.25) is 0 Å². The van der Waals surface area contributed by atoms with Gasteiger partial charge in [0.15, 0.2) is 0 Å². The third kappa shape index (κ3) is 4.16. The third-order valence-electron chi connectivity index (χ3n) is 6.99. The van der Waals surface area contributed by atoms with E-state index in [1.807, 2.05) is 6.07 Å². The van der Waals surface area contributed by atoms with E-state index in [-0.39, 0.29) is 0 Å². The lowest BCUT2D eigenvalue weighted by Crippen LogP contribution is -2.58. The number of piperidine rings is 3. The molecule has 2 bridgehead atoms. The summed E-state index contributed by atoms with van der Waals surface area (Å²) in [5, 5.41) is 11.2. The lowest BCUT2D eigenvalue weighted by Gasteiger charge is -2.47. The summed E-state index contributed by atoms with van der Waals surface area (Å²) in [6.07, 6.45) is 4.90. The van der Waals surface area contributed by atoms with Crippen molar-refractivity contribution in [2.45, 2.75) is 43.6 Å².